The van der Waals surface area contributed by atoms with Gasteiger partial charge in [0.15, 0.2) is 0 Å². The number of carbonyl (C=O) groups excluding carboxylic acids is 1. The second kappa shape index (κ2) is 8.69. The van der Waals surface area contributed by atoms with Gasteiger partial charge in [-0.15, -0.1) is 0 Å². The van der Waals surface area contributed by atoms with Crippen LogP contribution in [0.15, 0.2) is 66.7 Å². The van der Waals surface area contributed by atoms with Crippen LogP contribution in [0.3, 0.4) is 0 Å². The van der Waals surface area contributed by atoms with Crippen molar-refractivity contribution in [3.63, 3.8) is 0 Å². The zero-order chi connectivity index (χ0) is 19.2. The Labute approximate surface area is 163 Å². The Balaban J connectivity index is 1.94. The van der Waals surface area contributed by atoms with E-state index in [2.05, 4.69) is 0 Å². The molecule has 4 nitrogen and oxygen atoms in total. The number of carboxylic acids is 1. The van der Waals surface area contributed by atoms with E-state index < -0.39 is 5.97 Å². The summed E-state index contributed by atoms with van der Waals surface area (Å²) >= 11 is 5.94. The van der Waals surface area contributed by atoms with Crippen LogP contribution in [0.5, 0.6) is 0 Å². The fourth-order valence-corrected chi connectivity index (χ4v) is 3.20. The van der Waals surface area contributed by atoms with E-state index in [-0.39, 0.29) is 12.3 Å². The summed E-state index contributed by atoms with van der Waals surface area (Å²) in [4.78, 5) is 25.7. The Morgan fingerprint density at radius 3 is 2.33 bits per heavy atom. The van der Waals surface area contributed by atoms with E-state index in [1.165, 1.54) is 0 Å². The molecule has 0 spiro atoms. The summed E-state index contributed by atoms with van der Waals surface area (Å²) in [5.41, 5.74) is 1.37. The molecule has 0 bridgehead atoms. The zero-order valence-electron chi connectivity index (χ0n) is 14.8. The molecule has 3 aromatic carbocycles. The second-order valence-electron chi connectivity index (χ2n) is 6.31. The molecule has 0 unspecified atom stereocenters. The van der Waals surface area contributed by atoms with Crippen molar-refractivity contribution in [3.05, 3.63) is 77.3 Å². The van der Waals surface area contributed by atoms with Crippen molar-refractivity contribution in [2.75, 3.05) is 11.4 Å². The summed E-state index contributed by atoms with van der Waals surface area (Å²) in [5.74, 6) is -0.950. The first-order valence-electron chi connectivity index (χ1n) is 8.83. The summed E-state index contributed by atoms with van der Waals surface area (Å²) in [5, 5.41) is 11.5. The second-order valence-corrected chi connectivity index (χ2v) is 6.75. The van der Waals surface area contributed by atoms with E-state index in [0.29, 0.717) is 30.0 Å². The maximum atomic E-state index is 13.2. The molecule has 0 saturated carbocycles. The fourth-order valence-electron chi connectivity index (χ4n) is 3.07. The van der Waals surface area contributed by atoms with Crippen LogP contribution in [0.1, 0.15) is 29.6 Å². The van der Waals surface area contributed by atoms with Crippen LogP contribution in [0.2, 0.25) is 5.02 Å². The van der Waals surface area contributed by atoms with Crippen molar-refractivity contribution in [3.8, 4) is 0 Å². The van der Waals surface area contributed by atoms with Gasteiger partial charge < -0.3 is 10.0 Å². The summed E-state index contributed by atoms with van der Waals surface area (Å²) in [6, 6.07) is 20.6. The Morgan fingerprint density at radius 1 is 0.889 bits per heavy atom. The standard InChI is InChI=1S/C22H20ClNO3/c23-18-13-11-17(12-14-18)22(27)24(15-4-3-10-21(25)26)20-9-5-7-16-6-1-2-8-19(16)20/h1-2,5-9,11-14H,3-4,10,15H2,(H,25,26). The first-order valence-corrected chi connectivity index (χ1v) is 9.21. The van der Waals surface area contributed by atoms with Crippen LogP contribution in [0.25, 0.3) is 10.8 Å². The lowest BCUT2D eigenvalue weighted by molar-refractivity contribution is -0.137. The van der Waals surface area contributed by atoms with Gasteiger partial charge in [-0.1, -0.05) is 48.0 Å². The molecule has 3 aromatic rings. The highest BCUT2D eigenvalue weighted by atomic mass is 35.5. The van der Waals surface area contributed by atoms with Gasteiger partial charge in [-0.05, 0) is 48.6 Å². The number of rotatable bonds is 7. The smallest absolute Gasteiger partial charge is 0.303 e. The minimum atomic E-state index is -0.823. The number of halogens is 1. The van der Waals surface area contributed by atoms with Crippen LogP contribution in [-0.4, -0.2) is 23.5 Å². The van der Waals surface area contributed by atoms with Crippen LogP contribution < -0.4 is 4.90 Å². The number of unbranched alkanes of at least 4 members (excludes halogenated alkanes) is 1. The minimum absolute atomic E-state index is 0.0957. The van der Waals surface area contributed by atoms with E-state index in [1.54, 1.807) is 29.2 Å². The van der Waals surface area contributed by atoms with Crippen molar-refractivity contribution in [2.45, 2.75) is 19.3 Å². The topological polar surface area (TPSA) is 57.6 Å². The first-order chi connectivity index (χ1) is 13.1. The Bertz CT molecular complexity index is 948. The van der Waals surface area contributed by atoms with E-state index >= 15 is 0 Å². The molecule has 0 aliphatic carbocycles. The van der Waals surface area contributed by atoms with Gasteiger partial charge in [-0.2, -0.15) is 0 Å². The molecule has 0 fully saturated rings. The summed E-state index contributed by atoms with van der Waals surface area (Å²) < 4.78 is 0. The van der Waals surface area contributed by atoms with E-state index in [0.717, 1.165) is 16.5 Å². The van der Waals surface area contributed by atoms with Crippen LogP contribution in [-0.2, 0) is 4.79 Å². The third kappa shape index (κ3) is 4.66. The lowest BCUT2D eigenvalue weighted by Crippen LogP contribution is -2.32. The largest absolute Gasteiger partial charge is 0.481 e. The summed E-state index contributed by atoms with van der Waals surface area (Å²) in [6.45, 7) is 0.447. The van der Waals surface area contributed by atoms with Crippen LogP contribution in [0, 0.1) is 0 Å². The van der Waals surface area contributed by atoms with E-state index in [1.807, 2.05) is 42.5 Å². The van der Waals surface area contributed by atoms with Crippen molar-refractivity contribution < 1.29 is 14.7 Å². The molecule has 1 N–H and O–H groups in total. The Kier molecular flexibility index (Phi) is 6.09. The average molecular weight is 382 g/mol. The molecule has 5 heteroatoms. The van der Waals surface area contributed by atoms with Gasteiger partial charge in [0.25, 0.3) is 5.91 Å². The number of carbonyl (C=O) groups is 2. The predicted octanol–water partition coefficient (Wildman–Crippen LogP) is 5.39. The Morgan fingerprint density at radius 2 is 1.59 bits per heavy atom. The van der Waals surface area contributed by atoms with Crippen LogP contribution >= 0.6 is 11.6 Å². The molecule has 0 heterocycles. The third-order valence-electron chi connectivity index (χ3n) is 4.42. The monoisotopic (exact) mass is 381 g/mol. The number of benzene rings is 3. The van der Waals surface area contributed by atoms with Gasteiger partial charge in [0, 0.05) is 28.9 Å². The quantitative estimate of drug-likeness (QED) is 0.558. The molecule has 0 aliphatic rings. The van der Waals surface area contributed by atoms with Crippen LogP contribution in [0.4, 0.5) is 5.69 Å². The number of anilines is 1. The SMILES string of the molecule is O=C(O)CCCCN(C(=O)c1ccc(Cl)cc1)c1cccc2ccccc12. The number of hydrogen-bond donors (Lipinski definition) is 1. The molecule has 0 aliphatic heterocycles. The van der Waals surface area contributed by atoms with E-state index in [9.17, 15) is 9.59 Å². The molecule has 3 rings (SSSR count). The van der Waals surface area contributed by atoms with Gasteiger partial charge in [0.05, 0.1) is 5.69 Å². The molecule has 27 heavy (non-hydrogen) atoms. The number of carboxylic acid groups (broad SMARTS) is 1. The molecule has 1 amide bonds. The van der Waals surface area contributed by atoms with Gasteiger partial charge in [0.2, 0.25) is 0 Å². The molecule has 0 atom stereocenters. The zero-order valence-corrected chi connectivity index (χ0v) is 15.5. The average Bonchev–Trinajstić information content (AvgIpc) is 2.68. The first kappa shape index (κ1) is 18.9. The molecule has 0 saturated heterocycles. The fraction of sp³-hybridized carbons (Fsp3) is 0.182. The highest BCUT2D eigenvalue weighted by molar-refractivity contribution is 6.30. The van der Waals surface area contributed by atoms with Gasteiger partial charge in [-0.3, -0.25) is 9.59 Å². The highest BCUT2D eigenvalue weighted by Crippen LogP contribution is 2.28. The number of aliphatic carboxylic acids is 1. The van der Waals surface area contributed by atoms with Gasteiger partial charge >= 0.3 is 5.97 Å². The number of nitrogens with zero attached hydrogens (tertiary/aromatic N) is 1. The van der Waals surface area contributed by atoms with Gasteiger partial charge in [0.1, 0.15) is 0 Å². The summed E-state index contributed by atoms with van der Waals surface area (Å²) in [6.07, 6.45) is 1.22. The maximum absolute atomic E-state index is 13.2. The normalized spacial score (nSPS) is 10.7. The van der Waals surface area contributed by atoms with Crippen molar-refractivity contribution >= 4 is 39.9 Å². The number of fused-ring (bicyclic) bond motifs is 1. The highest BCUT2D eigenvalue weighted by Gasteiger charge is 2.19. The minimum Gasteiger partial charge on any atom is -0.481 e. The molecular weight excluding hydrogens is 362 g/mol. The predicted molar refractivity (Wildman–Crippen MR) is 109 cm³/mol. The molecule has 0 radical (unpaired) electrons. The Hall–Kier alpha value is -2.85. The number of hydrogen-bond acceptors (Lipinski definition) is 2. The molecule has 0 aromatic heterocycles. The summed E-state index contributed by atoms with van der Waals surface area (Å²) in [7, 11) is 0. The van der Waals surface area contributed by atoms with Crippen molar-refractivity contribution in [2.24, 2.45) is 0 Å². The maximum Gasteiger partial charge on any atom is 0.303 e. The molecular formula is C22H20ClNO3. The third-order valence-corrected chi connectivity index (χ3v) is 4.67. The molecule has 138 valence electrons. The van der Waals surface area contributed by atoms with E-state index in [4.69, 9.17) is 16.7 Å². The number of amides is 1. The van der Waals surface area contributed by atoms with Crippen molar-refractivity contribution in [1.82, 2.24) is 0 Å². The lowest BCUT2D eigenvalue weighted by Gasteiger charge is -2.24. The van der Waals surface area contributed by atoms with Crippen molar-refractivity contribution in [1.29, 1.82) is 0 Å². The van der Waals surface area contributed by atoms with Gasteiger partial charge in [-0.25, -0.2) is 0 Å². The lowest BCUT2D eigenvalue weighted by atomic mass is 10.1.